The van der Waals surface area contributed by atoms with Crippen LogP contribution in [-0.2, 0) is 4.79 Å². The Kier molecular flexibility index (Phi) is 4.91. The Morgan fingerprint density at radius 3 is 2.74 bits per heavy atom. The zero-order valence-electron chi connectivity index (χ0n) is 11.9. The summed E-state index contributed by atoms with van der Waals surface area (Å²) in [5, 5.41) is 0. The summed E-state index contributed by atoms with van der Waals surface area (Å²) in [5.74, 6) is 0.909. The van der Waals surface area contributed by atoms with Gasteiger partial charge in [0.15, 0.2) is 0 Å². The molecule has 0 aliphatic carbocycles. The number of amides is 1. The summed E-state index contributed by atoms with van der Waals surface area (Å²) < 4.78 is 0. The molecule has 0 saturated carbocycles. The molecular weight excluding hydrogens is 238 g/mol. The number of carbonyl (C=O) groups is 1. The number of aromatic nitrogens is 1. The van der Waals surface area contributed by atoms with Gasteiger partial charge in [-0.25, -0.2) is 4.98 Å². The highest BCUT2D eigenvalue weighted by Gasteiger charge is 2.24. The highest BCUT2D eigenvalue weighted by molar-refractivity contribution is 5.92. The van der Waals surface area contributed by atoms with E-state index in [1.54, 1.807) is 6.20 Å². The van der Waals surface area contributed by atoms with Gasteiger partial charge in [-0.1, -0.05) is 13.0 Å². The smallest absolute Gasteiger partial charge is 0.228 e. The molecule has 1 aromatic rings. The quantitative estimate of drug-likeness (QED) is 0.816. The van der Waals surface area contributed by atoms with Gasteiger partial charge < -0.3 is 4.90 Å². The van der Waals surface area contributed by atoms with Crippen LogP contribution in [0.1, 0.15) is 33.1 Å². The monoisotopic (exact) mass is 261 g/mol. The van der Waals surface area contributed by atoms with Crippen LogP contribution in [0.15, 0.2) is 24.4 Å². The van der Waals surface area contributed by atoms with Crippen molar-refractivity contribution in [2.45, 2.75) is 39.2 Å². The van der Waals surface area contributed by atoms with Gasteiger partial charge in [-0.15, -0.1) is 0 Å². The highest BCUT2D eigenvalue weighted by atomic mass is 16.2. The molecule has 1 atom stereocenters. The number of pyridine rings is 1. The van der Waals surface area contributed by atoms with Crippen LogP contribution in [0.3, 0.4) is 0 Å². The van der Waals surface area contributed by atoms with E-state index in [9.17, 15) is 4.79 Å². The zero-order valence-corrected chi connectivity index (χ0v) is 11.9. The van der Waals surface area contributed by atoms with Crippen molar-refractivity contribution in [1.82, 2.24) is 9.88 Å². The number of anilines is 1. The number of hydrogen-bond donors (Lipinski definition) is 0. The maximum absolute atomic E-state index is 12.2. The van der Waals surface area contributed by atoms with Gasteiger partial charge >= 0.3 is 0 Å². The predicted octanol–water partition coefficient (Wildman–Crippen LogP) is 2.31. The lowest BCUT2D eigenvalue weighted by atomic mass is 10.2. The first kappa shape index (κ1) is 14.0. The molecule has 0 bridgehead atoms. The summed E-state index contributed by atoms with van der Waals surface area (Å²) in [7, 11) is 0. The number of carbonyl (C=O) groups excluding carboxylic acids is 1. The van der Waals surface area contributed by atoms with Crippen molar-refractivity contribution in [1.29, 1.82) is 0 Å². The van der Waals surface area contributed by atoms with Crippen LogP contribution in [0, 0.1) is 0 Å². The van der Waals surface area contributed by atoms with Crippen molar-refractivity contribution in [3.8, 4) is 0 Å². The molecule has 2 rings (SSSR count). The standard InChI is InChI=1S/C15H23N3O/c1-3-15(19)18(14-8-4-5-9-16-14)13(2)12-17-10-6-7-11-17/h4-5,8-9,13H,3,6-7,10-12H2,1-2H3. The second kappa shape index (κ2) is 6.66. The van der Waals surface area contributed by atoms with Crippen molar-refractivity contribution in [3.05, 3.63) is 24.4 Å². The summed E-state index contributed by atoms with van der Waals surface area (Å²) >= 11 is 0. The Labute approximate surface area is 115 Å². The minimum absolute atomic E-state index is 0.144. The summed E-state index contributed by atoms with van der Waals surface area (Å²) in [4.78, 5) is 20.8. The molecule has 0 radical (unpaired) electrons. The molecular formula is C15H23N3O. The molecule has 4 heteroatoms. The first-order valence-electron chi connectivity index (χ1n) is 7.17. The molecule has 1 amide bonds. The number of rotatable bonds is 5. The van der Waals surface area contributed by atoms with E-state index in [0.29, 0.717) is 6.42 Å². The van der Waals surface area contributed by atoms with Gasteiger partial charge in [-0.2, -0.15) is 0 Å². The Hall–Kier alpha value is -1.42. The van der Waals surface area contributed by atoms with Gasteiger partial charge in [0.05, 0.1) is 0 Å². The Bertz CT molecular complexity index is 401. The maximum atomic E-state index is 12.2. The third kappa shape index (κ3) is 3.53. The largest absolute Gasteiger partial charge is 0.301 e. The van der Waals surface area contributed by atoms with Crippen LogP contribution in [0.2, 0.25) is 0 Å². The number of hydrogen-bond acceptors (Lipinski definition) is 3. The van der Waals surface area contributed by atoms with Crippen LogP contribution in [0.4, 0.5) is 5.82 Å². The van der Waals surface area contributed by atoms with E-state index < -0.39 is 0 Å². The van der Waals surface area contributed by atoms with Gasteiger partial charge in [0.2, 0.25) is 5.91 Å². The Morgan fingerprint density at radius 1 is 1.42 bits per heavy atom. The Morgan fingerprint density at radius 2 is 2.16 bits per heavy atom. The lowest BCUT2D eigenvalue weighted by molar-refractivity contribution is -0.118. The molecule has 19 heavy (non-hydrogen) atoms. The topological polar surface area (TPSA) is 36.4 Å². The second-order valence-corrected chi connectivity index (χ2v) is 5.16. The van der Waals surface area contributed by atoms with E-state index >= 15 is 0 Å². The van der Waals surface area contributed by atoms with E-state index in [0.717, 1.165) is 25.5 Å². The normalized spacial score (nSPS) is 17.4. The lowest BCUT2D eigenvalue weighted by Crippen LogP contribution is -2.45. The van der Waals surface area contributed by atoms with Crippen LogP contribution in [0.5, 0.6) is 0 Å². The molecule has 2 heterocycles. The van der Waals surface area contributed by atoms with Crippen LogP contribution >= 0.6 is 0 Å². The molecule has 0 N–H and O–H groups in total. The highest BCUT2D eigenvalue weighted by Crippen LogP contribution is 2.17. The fraction of sp³-hybridized carbons (Fsp3) is 0.600. The third-order valence-corrected chi connectivity index (χ3v) is 3.63. The van der Waals surface area contributed by atoms with Gasteiger partial charge in [0.25, 0.3) is 0 Å². The van der Waals surface area contributed by atoms with Crippen molar-refractivity contribution < 1.29 is 4.79 Å². The fourth-order valence-electron chi connectivity index (χ4n) is 2.69. The molecule has 104 valence electrons. The predicted molar refractivity (Wildman–Crippen MR) is 77.2 cm³/mol. The first-order chi connectivity index (χ1) is 9.22. The van der Waals surface area contributed by atoms with Gasteiger partial charge in [-0.3, -0.25) is 9.69 Å². The zero-order chi connectivity index (χ0) is 13.7. The van der Waals surface area contributed by atoms with E-state index in [2.05, 4.69) is 16.8 Å². The van der Waals surface area contributed by atoms with Crippen molar-refractivity contribution >= 4 is 11.7 Å². The van der Waals surface area contributed by atoms with Gasteiger partial charge in [-0.05, 0) is 45.0 Å². The minimum Gasteiger partial charge on any atom is -0.301 e. The molecule has 1 unspecified atom stereocenters. The molecule has 0 spiro atoms. The molecule has 1 aromatic heterocycles. The summed E-state index contributed by atoms with van der Waals surface area (Å²) in [6.07, 6.45) is 4.81. The maximum Gasteiger partial charge on any atom is 0.228 e. The van der Waals surface area contributed by atoms with E-state index in [4.69, 9.17) is 0 Å². The SMILES string of the molecule is CCC(=O)N(c1ccccn1)C(C)CN1CCCC1. The van der Waals surface area contributed by atoms with Crippen molar-refractivity contribution in [2.75, 3.05) is 24.5 Å². The van der Waals surface area contributed by atoms with E-state index in [-0.39, 0.29) is 11.9 Å². The van der Waals surface area contributed by atoms with Crippen LogP contribution in [0.25, 0.3) is 0 Å². The summed E-state index contributed by atoms with van der Waals surface area (Å²) in [5.41, 5.74) is 0. The van der Waals surface area contributed by atoms with Crippen molar-refractivity contribution in [3.63, 3.8) is 0 Å². The average Bonchev–Trinajstić information content (AvgIpc) is 2.93. The molecule has 1 aliphatic rings. The van der Waals surface area contributed by atoms with Gasteiger partial charge in [0, 0.05) is 25.2 Å². The lowest BCUT2D eigenvalue weighted by Gasteiger charge is -2.31. The van der Waals surface area contributed by atoms with Crippen LogP contribution in [-0.4, -0.2) is 41.5 Å². The number of likely N-dealkylation sites (tertiary alicyclic amines) is 1. The van der Waals surface area contributed by atoms with Crippen LogP contribution < -0.4 is 4.90 Å². The number of nitrogens with zero attached hydrogens (tertiary/aromatic N) is 3. The Balaban J connectivity index is 2.10. The molecule has 1 fully saturated rings. The fourth-order valence-corrected chi connectivity index (χ4v) is 2.69. The first-order valence-corrected chi connectivity index (χ1v) is 7.17. The van der Waals surface area contributed by atoms with E-state index in [1.165, 1.54) is 12.8 Å². The molecule has 0 aromatic carbocycles. The average molecular weight is 261 g/mol. The third-order valence-electron chi connectivity index (χ3n) is 3.63. The molecule has 1 saturated heterocycles. The molecule has 1 aliphatic heterocycles. The summed E-state index contributed by atoms with van der Waals surface area (Å²) in [6.45, 7) is 7.26. The van der Waals surface area contributed by atoms with E-state index in [1.807, 2.05) is 30.0 Å². The second-order valence-electron chi connectivity index (χ2n) is 5.16. The minimum atomic E-state index is 0.144. The van der Waals surface area contributed by atoms with Crippen molar-refractivity contribution in [2.24, 2.45) is 0 Å². The molecule has 4 nitrogen and oxygen atoms in total. The summed E-state index contributed by atoms with van der Waals surface area (Å²) in [6, 6.07) is 5.89. The van der Waals surface area contributed by atoms with Gasteiger partial charge in [0.1, 0.15) is 5.82 Å².